The minimum Gasteiger partial charge on any atom is -0.484 e. The lowest BCUT2D eigenvalue weighted by molar-refractivity contribution is -0.134. The zero-order valence-electron chi connectivity index (χ0n) is 17.5. The van der Waals surface area contributed by atoms with Crippen molar-refractivity contribution in [2.24, 2.45) is 0 Å². The number of aromatic nitrogens is 3. The molecule has 2 N–H and O–H groups in total. The van der Waals surface area contributed by atoms with Crippen molar-refractivity contribution in [1.82, 2.24) is 25.4 Å². The summed E-state index contributed by atoms with van der Waals surface area (Å²) in [6.45, 7) is 4.06. The molecule has 0 aliphatic carbocycles. The van der Waals surface area contributed by atoms with Crippen LogP contribution in [0, 0.1) is 13.8 Å². The molecule has 1 aromatic heterocycles. The van der Waals surface area contributed by atoms with Crippen molar-refractivity contribution in [2.45, 2.75) is 32.4 Å². The summed E-state index contributed by atoms with van der Waals surface area (Å²) in [6, 6.07) is 16.1. The zero-order valence-corrected chi connectivity index (χ0v) is 17.5. The maximum absolute atomic E-state index is 13.0. The normalized spacial score (nSPS) is 18.1. The van der Waals surface area contributed by atoms with Gasteiger partial charge in [-0.05, 0) is 50.1 Å². The van der Waals surface area contributed by atoms with Crippen LogP contribution >= 0.6 is 0 Å². The Balaban J connectivity index is 1.46. The number of aromatic amines is 1. The molecule has 0 radical (unpaired) electrons. The summed E-state index contributed by atoms with van der Waals surface area (Å²) in [6.07, 6.45) is 0.534. The highest BCUT2D eigenvalue weighted by molar-refractivity contribution is 5.94. The fraction of sp³-hybridized carbons (Fsp3) is 0.304. The predicted octanol–water partition coefficient (Wildman–Crippen LogP) is 2.57. The maximum Gasteiger partial charge on any atom is 0.261 e. The van der Waals surface area contributed by atoms with E-state index in [1.165, 1.54) is 0 Å². The van der Waals surface area contributed by atoms with Gasteiger partial charge in [0.15, 0.2) is 12.4 Å². The quantitative estimate of drug-likeness (QED) is 0.640. The second kappa shape index (κ2) is 8.99. The van der Waals surface area contributed by atoms with Crippen molar-refractivity contribution >= 4 is 11.8 Å². The van der Waals surface area contributed by atoms with Crippen LogP contribution in [0.4, 0.5) is 0 Å². The van der Waals surface area contributed by atoms with Crippen LogP contribution in [0.3, 0.4) is 0 Å². The Hall–Kier alpha value is -3.68. The number of carbonyl (C=O) groups is 2. The Morgan fingerprint density at radius 3 is 2.68 bits per heavy atom. The Bertz CT molecular complexity index is 1070. The molecule has 8 nitrogen and oxygen atoms in total. The summed E-state index contributed by atoms with van der Waals surface area (Å²) in [7, 11) is 0. The van der Waals surface area contributed by atoms with E-state index in [-0.39, 0.29) is 30.5 Å². The number of benzene rings is 2. The van der Waals surface area contributed by atoms with E-state index in [1.807, 2.05) is 56.3 Å². The monoisotopic (exact) mass is 419 g/mol. The highest BCUT2D eigenvalue weighted by atomic mass is 16.5. The Morgan fingerprint density at radius 2 is 1.97 bits per heavy atom. The standard InChI is InChI=1S/C23H25N5O3/c1-15-7-6-10-19(11-15)31-14-21(29)28-13-18(12-20(28)22-24-16(2)26-27-22)25-23(30)17-8-4-3-5-9-17/h3-11,18,20H,12-14H2,1-2H3,(H,25,30)(H,24,26,27)/t18-,20-/m0/s1. The molecule has 8 heteroatoms. The predicted molar refractivity (Wildman–Crippen MR) is 115 cm³/mol. The largest absolute Gasteiger partial charge is 0.484 e. The number of hydrogen-bond acceptors (Lipinski definition) is 5. The molecule has 160 valence electrons. The summed E-state index contributed by atoms with van der Waals surface area (Å²) in [5, 5.41) is 10.1. The molecule has 2 atom stereocenters. The van der Waals surface area contributed by atoms with Gasteiger partial charge in [0.1, 0.15) is 11.6 Å². The summed E-state index contributed by atoms with van der Waals surface area (Å²) in [4.78, 5) is 31.7. The van der Waals surface area contributed by atoms with Crippen molar-refractivity contribution in [3.8, 4) is 5.75 Å². The maximum atomic E-state index is 13.0. The fourth-order valence-electron chi connectivity index (χ4n) is 3.76. The van der Waals surface area contributed by atoms with Crippen LogP contribution in [0.1, 0.15) is 40.0 Å². The first kappa shape index (κ1) is 20.6. The number of carbonyl (C=O) groups excluding carboxylic acids is 2. The van der Waals surface area contributed by atoms with Crippen LogP contribution < -0.4 is 10.1 Å². The molecule has 2 aromatic carbocycles. The molecule has 4 rings (SSSR count). The number of amides is 2. The van der Waals surface area contributed by atoms with Crippen molar-refractivity contribution in [3.05, 3.63) is 77.4 Å². The third kappa shape index (κ3) is 4.91. The molecular formula is C23H25N5O3. The Labute approximate surface area is 180 Å². The molecular weight excluding hydrogens is 394 g/mol. The first-order valence-corrected chi connectivity index (χ1v) is 10.2. The lowest BCUT2D eigenvalue weighted by Gasteiger charge is -2.22. The number of aryl methyl sites for hydroxylation is 2. The number of hydrogen-bond donors (Lipinski definition) is 2. The molecule has 31 heavy (non-hydrogen) atoms. The highest BCUT2D eigenvalue weighted by Crippen LogP contribution is 2.30. The Kier molecular flexibility index (Phi) is 5.97. The number of rotatable bonds is 6. The minimum absolute atomic E-state index is 0.0945. The van der Waals surface area contributed by atoms with Crippen molar-refractivity contribution in [3.63, 3.8) is 0 Å². The van der Waals surface area contributed by atoms with Gasteiger partial charge < -0.3 is 15.0 Å². The van der Waals surface area contributed by atoms with Gasteiger partial charge in [-0.1, -0.05) is 30.3 Å². The topological polar surface area (TPSA) is 100 Å². The van der Waals surface area contributed by atoms with E-state index in [4.69, 9.17) is 4.74 Å². The second-order valence-corrected chi connectivity index (χ2v) is 7.72. The first-order valence-electron chi connectivity index (χ1n) is 10.2. The van der Waals surface area contributed by atoms with Crippen molar-refractivity contribution in [1.29, 1.82) is 0 Å². The second-order valence-electron chi connectivity index (χ2n) is 7.72. The van der Waals surface area contributed by atoms with Crippen LogP contribution in [0.2, 0.25) is 0 Å². The van der Waals surface area contributed by atoms with Crippen molar-refractivity contribution < 1.29 is 14.3 Å². The van der Waals surface area contributed by atoms with E-state index >= 15 is 0 Å². The lowest BCUT2D eigenvalue weighted by Crippen LogP contribution is -2.40. The van der Waals surface area contributed by atoms with Crippen molar-refractivity contribution in [2.75, 3.05) is 13.2 Å². The van der Waals surface area contributed by atoms with Crippen LogP contribution in [0.5, 0.6) is 5.75 Å². The number of likely N-dealkylation sites (tertiary alicyclic amines) is 1. The van der Waals surface area contributed by atoms with Gasteiger partial charge in [0.25, 0.3) is 11.8 Å². The van der Waals surface area contributed by atoms with E-state index in [0.717, 1.165) is 5.56 Å². The van der Waals surface area contributed by atoms with Crippen LogP contribution in [0.15, 0.2) is 54.6 Å². The van der Waals surface area contributed by atoms with Crippen LogP contribution in [0.25, 0.3) is 0 Å². The van der Waals surface area contributed by atoms with Gasteiger partial charge in [0.2, 0.25) is 0 Å². The van der Waals surface area contributed by atoms with E-state index < -0.39 is 0 Å². The van der Waals surface area contributed by atoms with E-state index in [1.54, 1.807) is 17.0 Å². The van der Waals surface area contributed by atoms with Crippen LogP contribution in [-0.4, -0.2) is 51.1 Å². The molecule has 0 spiro atoms. The molecule has 3 aromatic rings. The average Bonchev–Trinajstić information content (AvgIpc) is 3.39. The van der Waals surface area contributed by atoms with Gasteiger partial charge in [-0.2, -0.15) is 5.10 Å². The fourth-order valence-corrected chi connectivity index (χ4v) is 3.76. The molecule has 0 unspecified atom stereocenters. The molecule has 0 bridgehead atoms. The summed E-state index contributed by atoms with van der Waals surface area (Å²) in [5.74, 6) is 1.52. The summed E-state index contributed by atoms with van der Waals surface area (Å²) >= 11 is 0. The van der Waals surface area contributed by atoms with Gasteiger partial charge in [0.05, 0.1) is 6.04 Å². The number of H-pyrrole nitrogens is 1. The number of nitrogens with zero attached hydrogens (tertiary/aromatic N) is 3. The molecule has 1 aliphatic heterocycles. The van der Waals surface area contributed by atoms with E-state index in [2.05, 4.69) is 20.5 Å². The molecule has 2 amide bonds. The summed E-state index contributed by atoms with van der Waals surface area (Å²) in [5.41, 5.74) is 1.64. The van der Waals surface area contributed by atoms with E-state index in [9.17, 15) is 9.59 Å². The van der Waals surface area contributed by atoms with Gasteiger partial charge in [-0.25, -0.2) is 4.98 Å². The highest BCUT2D eigenvalue weighted by Gasteiger charge is 2.39. The minimum atomic E-state index is -0.334. The molecule has 1 fully saturated rings. The smallest absolute Gasteiger partial charge is 0.261 e. The van der Waals surface area contributed by atoms with Crippen LogP contribution in [-0.2, 0) is 4.79 Å². The van der Waals surface area contributed by atoms with E-state index in [0.29, 0.717) is 35.9 Å². The van der Waals surface area contributed by atoms with Gasteiger partial charge >= 0.3 is 0 Å². The number of ether oxygens (including phenoxy) is 1. The molecule has 0 saturated carbocycles. The Morgan fingerprint density at radius 1 is 1.16 bits per heavy atom. The summed E-state index contributed by atoms with van der Waals surface area (Å²) < 4.78 is 5.71. The molecule has 1 saturated heterocycles. The molecule has 2 heterocycles. The van der Waals surface area contributed by atoms with Gasteiger partial charge in [-0.3, -0.25) is 14.7 Å². The van der Waals surface area contributed by atoms with Gasteiger partial charge in [0, 0.05) is 18.2 Å². The molecule has 1 aliphatic rings. The third-order valence-corrected chi connectivity index (χ3v) is 5.26. The number of nitrogens with one attached hydrogen (secondary N) is 2. The zero-order chi connectivity index (χ0) is 21.8. The third-order valence-electron chi connectivity index (χ3n) is 5.26. The SMILES string of the molecule is Cc1cccc(OCC(=O)N2C[C@@H](NC(=O)c3ccccc3)C[C@H]2c2n[nH]c(C)n2)c1. The van der Waals surface area contributed by atoms with Gasteiger partial charge in [-0.15, -0.1) is 0 Å². The average molecular weight is 419 g/mol. The lowest BCUT2D eigenvalue weighted by atomic mass is 10.1. The first-order chi connectivity index (χ1) is 15.0.